The van der Waals surface area contributed by atoms with Gasteiger partial charge >= 0.3 is 0 Å². The highest BCUT2D eigenvalue weighted by Gasteiger charge is 2.07. The maximum Gasteiger partial charge on any atom is 0.0362 e. The number of hydrogen-bond donors (Lipinski definition) is 2. The van der Waals surface area contributed by atoms with Gasteiger partial charge in [-0.1, -0.05) is 44.4 Å². The fraction of sp³-hybridized carbons (Fsp3) is 0.500. The van der Waals surface area contributed by atoms with Crippen LogP contribution in [0.25, 0.3) is 0 Å². The molecule has 0 radical (unpaired) electrons. The summed E-state index contributed by atoms with van der Waals surface area (Å²) in [7, 11) is 0. The highest BCUT2D eigenvalue weighted by atomic mass is 14.7. The smallest absolute Gasteiger partial charge is 0.0362 e. The number of benzene rings is 1. The van der Waals surface area contributed by atoms with Crippen molar-refractivity contribution in [2.24, 2.45) is 5.73 Å². The molecule has 1 atom stereocenters. The summed E-state index contributed by atoms with van der Waals surface area (Å²) in [6, 6.07) is 7.96. The van der Waals surface area contributed by atoms with E-state index in [-0.39, 0.29) is 6.04 Å². The first kappa shape index (κ1) is 11.1. The van der Waals surface area contributed by atoms with Crippen LogP contribution < -0.4 is 11.5 Å². The molecule has 78 valence electrons. The van der Waals surface area contributed by atoms with E-state index in [0.29, 0.717) is 0 Å². The maximum atomic E-state index is 6.06. The molecule has 1 rings (SSSR count). The molecule has 2 heteroatoms. The lowest BCUT2D eigenvalue weighted by molar-refractivity contribution is 0.582. The Balaban J connectivity index is 2.51. The molecule has 1 aromatic rings. The number of nitrogens with two attached hydrogens (primary N) is 2. The number of rotatable bonds is 5. The van der Waals surface area contributed by atoms with E-state index in [4.69, 9.17) is 11.5 Å². The highest BCUT2D eigenvalue weighted by molar-refractivity contribution is 5.47. The zero-order valence-electron chi connectivity index (χ0n) is 8.87. The van der Waals surface area contributed by atoms with Gasteiger partial charge in [-0.05, 0) is 18.1 Å². The first-order valence-corrected chi connectivity index (χ1v) is 5.35. The van der Waals surface area contributed by atoms with Crippen molar-refractivity contribution in [2.75, 3.05) is 5.73 Å². The average Bonchev–Trinajstić information content (AvgIpc) is 2.18. The molecule has 0 aliphatic carbocycles. The summed E-state index contributed by atoms with van der Waals surface area (Å²) in [5, 5.41) is 0. The Morgan fingerprint density at radius 1 is 1.21 bits per heavy atom. The van der Waals surface area contributed by atoms with Crippen molar-refractivity contribution in [3.05, 3.63) is 29.8 Å². The van der Waals surface area contributed by atoms with E-state index in [1.807, 2.05) is 24.3 Å². The second-order valence-corrected chi connectivity index (χ2v) is 3.73. The second-order valence-electron chi connectivity index (χ2n) is 3.73. The Labute approximate surface area is 86.3 Å². The molecule has 4 N–H and O–H groups in total. The molecule has 0 bridgehead atoms. The Morgan fingerprint density at radius 2 is 1.93 bits per heavy atom. The van der Waals surface area contributed by atoms with Crippen LogP contribution in [0.3, 0.4) is 0 Å². The monoisotopic (exact) mass is 192 g/mol. The molecule has 0 aliphatic heterocycles. The van der Waals surface area contributed by atoms with Crippen molar-refractivity contribution in [2.45, 2.75) is 38.6 Å². The first-order chi connectivity index (χ1) is 6.75. The molecule has 0 heterocycles. The quantitative estimate of drug-likeness (QED) is 0.556. The summed E-state index contributed by atoms with van der Waals surface area (Å²) >= 11 is 0. The second kappa shape index (κ2) is 5.66. The van der Waals surface area contributed by atoms with E-state index < -0.39 is 0 Å². The normalized spacial score (nSPS) is 12.7. The van der Waals surface area contributed by atoms with Crippen LogP contribution in [0.15, 0.2) is 24.3 Å². The summed E-state index contributed by atoms with van der Waals surface area (Å²) < 4.78 is 0. The topological polar surface area (TPSA) is 52.0 Å². The Kier molecular flexibility index (Phi) is 4.47. The van der Waals surface area contributed by atoms with Gasteiger partial charge in [0.15, 0.2) is 0 Å². The lowest BCUT2D eigenvalue weighted by Gasteiger charge is -2.13. The van der Waals surface area contributed by atoms with Gasteiger partial charge in [0.25, 0.3) is 0 Å². The number of hydrogen-bond acceptors (Lipinski definition) is 2. The SMILES string of the molecule is CCCCCC(N)c1ccccc1N. The van der Waals surface area contributed by atoms with Crippen LogP contribution in [0.5, 0.6) is 0 Å². The molecule has 0 saturated carbocycles. The van der Waals surface area contributed by atoms with Crippen LogP contribution in [-0.4, -0.2) is 0 Å². The Hall–Kier alpha value is -1.02. The molecular formula is C12H20N2. The van der Waals surface area contributed by atoms with Gasteiger partial charge in [0.05, 0.1) is 0 Å². The molecule has 0 amide bonds. The van der Waals surface area contributed by atoms with Gasteiger partial charge in [0.1, 0.15) is 0 Å². The maximum absolute atomic E-state index is 6.06. The molecule has 0 saturated heterocycles. The van der Waals surface area contributed by atoms with Gasteiger partial charge in [-0.3, -0.25) is 0 Å². The molecule has 1 unspecified atom stereocenters. The van der Waals surface area contributed by atoms with Crippen molar-refractivity contribution in [1.82, 2.24) is 0 Å². The van der Waals surface area contributed by atoms with Crippen LogP contribution in [0.1, 0.15) is 44.2 Å². The van der Waals surface area contributed by atoms with Gasteiger partial charge in [-0.15, -0.1) is 0 Å². The average molecular weight is 192 g/mol. The number of unbranched alkanes of at least 4 members (excludes halogenated alkanes) is 2. The van der Waals surface area contributed by atoms with Crippen molar-refractivity contribution in [1.29, 1.82) is 0 Å². The zero-order chi connectivity index (χ0) is 10.4. The predicted octanol–water partition coefficient (Wildman–Crippen LogP) is 2.85. The largest absolute Gasteiger partial charge is 0.398 e. The van der Waals surface area contributed by atoms with Gasteiger partial charge < -0.3 is 11.5 Å². The molecule has 0 fully saturated rings. The third-order valence-corrected chi connectivity index (χ3v) is 2.51. The minimum absolute atomic E-state index is 0.0998. The molecular weight excluding hydrogens is 172 g/mol. The fourth-order valence-corrected chi connectivity index (χ4v) is 1.62. The van der Waals surface area contributed by atoms with E-state index in [1.165, 1.54) is 19.3 Å². The third kappa shape index (κ3) is 3.04. The standard InChI is InChI=1S/C12H20N2/c1-2-3-4-8-11(13)10-7-5-6-9-12(10)14/h5-7,9,11H,2-4,8,13-14H2,1H3. The summed E-state index contributed by atoms with van der Waals surface area (Å²) in [5.41, 5.74) is 13.8. The lowest BCUT2D eigenvalue weighted by Crippen LogP contribution is -2.12. The zero-order valence-corrected chi connectivity index (χ0v) is 8.87. The lowest BCUT2D eigenvalue weighted by atomic mass is 10.00. The summed E-state index contributed by atoms with van der Waals surface area (Å²) in [6.45, 7) is 2.20. The summed E-state index contributed by atoms with van der Waals surface area (Å²) in [5.74, 6) is 0. The van der Waals surface area contributed by atoms with Crippen molar-refractivity contribution in [3.8, 4) is 0 Å². The fourth-order valence-electron chi connectivity index (χ4n) is 1.62. The van der Waals surface area contributed by atoms with E-state index in [1.54, 1.807) is 0 Å². The van der Waals surface area contributed by atoms with E-state index in [0.717, 1.165) is 17.7 Å². The first-order valence-electron chi connectivity index (χ1n) is 5.35. The molecule has 0 aromatic heterocycles. The summed E-state index contributed by atoms with van der Waals surface area (Å²) in [6.07, 6.45) is 4.70. The van der Waals surface area contributed by atoms with Crippen LogP contribution in [0.4, 0.5) is 5.69 Å². The Bertz CT molecular complexity index is 271. The highest BCUT2D eigenvalue weighted by Crippen LogP contribution is 2.22. The van der Waals surface area contributed by atoms with Gasteiger partial charge in [0, 0.05) is 11.7 Å². The van der Waals surface area contributed by atoms with Crippen molar-refractivity contribution >= 4 is 5.69 Å². The van der Waals surface area contributed by atoms with Crippen LogP contribution in [-0.2, 0) is 0 Å². The number of para-hydroxylation sites is 1. The summed E-state index contributed by atoms with van der Waals surface area (Å²) in [4.78, 5) is 0. The van der Waals surface area contributed by atoms with Gasteiger partial charge in [-0.2, -0.15) is 0 Å². The Morgan fingerprint density at radius 3 is 2.57 bits per heavy atom. The minimum atomic E-state index is 0.0998. The molecule has 0 aliphatic rings. The van der Waals surface area contributed by atoms with E-state index >= 15 is 0 Å². The number of nitrogen functional groups attached to an aromatic ring is 1. The molecule has 1 aromatic carbocycles. The molecule has 0 spiro atoms. The predicted molar refractivity (Wildman–Crippen MR) is 61.9 cm³/mol. The van der Waals surface area contributed by atoms with Crippen LogP contribution in [0.2, 0.25) is 0 Å². The van der Waals surface area contributed by atoms with Gasteiger partial charge in [0.2, 0.25) is 0 Å². The minimum Gasteiger partial charge on any atom is -0.398 e. The van der Waals surface area contributed by atoms with E-state index in [9.17, 15) is 0 Å². The molecule has 2 nitrogen and oxygen atoms in total. The molecule has 14 heavy (non-hydrogen) atoms. The van der Waals surface area contributed by atoms with E-state index in [2.05, 4.69) is 6.92 Å². The third-order valence-electron chi connectivity index (χ3n) is 2.51. The van der Waals surface area contributed by atoms with Crippen molar-refractivity contribution in [3.63, 3.8) is 0 Å². The van der Waals surface area contributed by atoms with Crippen LogP contribution >= 0.6 is 0 Å². The van der Waals surface area contributed by atoms with Crippen molar-refractivity contribution < 1.29 is 0 Å². The number of anilines is 1. The van der Waals surface area contributed by atoms with Crippen LogP contribution in [0, 0.1) is 0 Å². The van der Waals surface area contributed by atoms with Gasteiger partial charge in [-0.25, -0.2) is 0 Å².